The zero-order valence-corrected chi connectivity index (χ0v) is 9.26. The van der Waals surface area contributed by atoms with Gasteiger partial charge in [-0.2, -0.15) is 0 Å². The van der Waals surface area contributed by atoms with Gasteiger partial charge in [0.05, 0.1) is 6.04 Å². The third kappa shape index (κ3) is 2.74. The van der Waals surface area contributed by atoms with Crippen LogP contribution in [0, 0.1) is 5.41 Å². The van der Waals surface area contributed by atoms with Crippen LogP contribution in [0.15, 0.2) is 5.51 Å². The van der Waals surface area contributed by atoms with E-state index in [0.29, 0.717) is 5.13 Å². The van der Waals surface area contributed by atoms with Crippen molar-refractivity contribution in [3.8, 4) is 0 Å². The highest BCUT2D eigenvalue weighted by Crippen LogP contribution is 2.19. The van der Waals surface area contributed by atoms with Gasteiger partial charge in [0.15, 0.2) is 0 Å². The van der Waals surface area contributed by atoms with E-state index in [1.165, 1.54) is 11.3 Å². The third-order valence-corrected chi connectivity index (χ3v) is 2.41. The number of hydrogen-bond acceptors (Lipinski definition) is 5. The van der Waals surface area contributed by atoms with Gasteiger partial charge in [-0.05, 0) is 5.41 Å². The summed E-state index contributed by atoms with van der Waals surface area (Å²) >= 11 is 1.27. The van der Waals surface area contributed by atoms with Crippen LogP contribution in [0.5, 0.6) is 0 Å². The minimum atomic E-state index is -0.550. The molecule has 0 saturated heterocycles. The molecule has 1 amide bonds. The predicted molar refractivity (Wildman–Crippen MR) is 56.0 cm³/mol. The lowest BCUT2D eigenvalue weighted by Gasteiger charge is -2.25. The van der Waals surface area contributed by atoms with E-state index in [1.54, 1.807) is 5.51 Å². The smallest absolute Gasteiger partial charge is 0.243 e. The molecule has 78 valence electrons. The fourth-order valence-corrected chi connectivity index (χ4v) is 1.25. The molecule has 0 saturated carbocycles. The number of carbonyl (C=O) groups excluding carboxylic acids is 1. The van der Waals surface area contributed by atoms with E-state index in [4.69, 9.17) is 5.73 Å². The van der Waals surface area contributed by atoms with Gasteiger partial charge in [0, 0.05) is 0 Å². The van der Waals surface area contributed by atoms with Gasteiger partial charge in [-0.3, -0.25) is 10.1 Å². The minimum absolute atomic E-state index is 0.228. The molecule has 0 spiro atoms. The summed E-state index contributed by atoms with van der Waals surface area (Å²) in [5.74, 6) is -0.228. The molecule has 6 heteroatoms. The zero-order valence-electron chi connectivity index (χ0n) is 8.44. The van der Waals surface area contributed by atoms with Crippen molar-refractivity contribution in [1.29, 1.82) is 0 Å². The molecule has 5 nitrogen and oxygen atoms in total. The Balaban J connectivity index is 2.59. The van der Waals surface area contributed by atoms with E-state index in [9.17, 15) is 4.79 Å². The van der Waals surface area contributed by atoms with Crippen LogP contribution in [-0.4, -0.2) is 22.1 Å². The van der Waals surface area contributed by atoms with E-state index in [-0.39, 0.29) is 11.3 Å². The lowest BCUT2D eigenvalue weighted by atomic mass is 9.87. The molecule has 0 aliphatic rings. The maximum Gasteiger partial charge on any atom is 0.243 e. The van der Waals surface area contributed by atoms with E-state index >= 15 is 0 Å². The highest BCUT2D eigenvalue weighted by molar-refractivity contribution is 7.13. The number of aromatic nitrogens is 2. The average molecular weight is 214 g/mol. The maximum atomic E-state index is 11.6. The number of rotatable bonds is 2. The summed E-state index contributed by atoms with van der Waals surface area (Å²) in [6, 6.07) is -0.550. The molecule has 0 radical (unpaired) electrons. The van der Waals surface area contributed by atoms with Crippen molar-refractivity contribution in [2.24, 2.45) is 11.1 Å². The Kier molecular flexibility index (Phi) is 3.17. The number of nitrogens with two attached hydrogens (primary N) is 1. The molecule has 0 unspecified atom stereocenters. The van der Waals surface area contributed by atoms with Crippen LogP contribution in [0.4, 0.5) is 5.13 Å². The lowest BCUT2D eigenvalue weighted by Crippen LogP contribution is -2.45. The number of amides is 1. The summed E-state index contributed by atoms with van der Waals surface area (Å²) < 4.78 is 0. The average Bonchev–Trinajstić information content (AvgIpc) is 2.53. The SMILES string of the molecule is CC(C)(C)[C@@H](N)C(=O)Nc1nncs1. The lowest BCUT2D eigenvalue weighted by molar-refractivity contribution is -0.119. The van der Waals surface area contributed by atoms with Crippen LogP contribution in [-0.2, 0) is 4.79 Å². The van der Waals surface area contributed by atoms with Gasteiger partial charge in [0.2, 0.25) is 11.0 Å². The first-order valence-electron chi connectivity index (χ1n) is 4.24. The number of nitrogens with one attached hydrogen (secondary N) is 1. The van der Waals surface area contributed by atoms with Gasteiger partial charge in [0.25, 0.3) is 0 Å². The quantitative estimate of drug-likeness (QED) is 0.764. The summed E-state index contributed by atoms with van der Waals surface area (Å²) in [7, 11) is 0. The van der Waals surface area contributed by atoms with Crippen molar-refractivity contribution in [3.63, 3.8) is 0 Å². The van der Waals surface area contributed by atoms with Crippen LogP contribution in [0.1, 0.15) is 20.8 Å². The summed E-state index contributed by atoms with van der Waals surface area (Å²) in [6.45, 7) is 5.74. The van der Waals surface area contributed by atoms with Crippen LogP contribution in [0.25, 0.3) is 0 Å². The third-order valence-electron chi connectivity index (χ3n) is 1.81. The predicted octanol–water partition coefficient (Wildman–Crippen LogP) is 0.850. The zero-order chi connectivity index (χ0) is 10.8. The minimum Gasteiger partial charge on any atom is -0.319 e. The summed E-state index contributed by atoms with van der Waals surface area (Å²) in [5, 5.41) is 10.4. The van der Waals surface area contributed by atoms with Crippen LogP contribution in [0.3, 0.4) is 0 Å². The highest BCUT2D eigenvalue weighted by Gasteiger charge is 2.27. The van der Waals surface area contributed by atoms with Crippen molar-refractivity contribution in [2.75, 3.05) is 5.32 Å². The second-order valence-electron chi connectivity index (χ2n) is 4.08. The first kappa shape index (κ1) is 11.1. The van der Waals surface area contributed by atoms with Crippen LogP contribution < -0.4 is 11.1 Å². The van der Waals surface area contributed by atoms with Gasteiger partial charge in [0.1, 0.15) is 5.51 Å². The van der Waals surface area contributed by atoms with Gasteiger partial charge in [-0.25, -0.2) is 0 Å². The van der Waals surface area contributed by atoms with Gasteiger partial charge < -0.3 is 5.73 Å². The van der Waals surface area contributed by atoms with Gasteiger partial charge in [-0.1, -0.05) is 32.1 Å². The van der Waals surface area contributed by atoms with Crippen molar-refractivity contribution in [3.05, 3.63) is 5.51 Å². The molecule has 0 bridgehead atoms. The molecule has 1 aromatic rings. The van der Waals surface area contributed by atoms with Crippen molar-refractivity contribution < 1.29 is 4.79 Å². The Hall–Kier alpha value is -1.01. The second-order valence-corrected chi connectivity index (χ2v) is 4.91. The number of nitrogens with zero attached hydrogens (tertiary/aromatic N) is 2. The van der Waals surface area contributed by atoms with E-state index in [2.05, 4.69) is 15.5 Å². The first-order chi connectivity index (χ1) is 6.41. The van der Waals surface area contributed by atoms with E-state index < -0.39 is 6.04 Å². The standard InChI is InChI=1S/C8H14N4OS/c1-8(2,3)5(9)6(13)11-7-12-10-4-14-7/h4-5H,9H2,1-3H3,(H,11,12,13)/t5-/m0/s1. The fourth-order valence-electron chi connectivity index (χ4n) is 0.804. The van der Waals surface area contributed by atoms with E-state index in [1.807, 2.05) is 20.8 Å². The Labute approximate surface area is 86.7 Å². The Bertz CT molecular complexity index is 304. The topological polar surface area (TPSA) is 80.9 Å². The molecule has 0 fully saturated rings. The molecule has 0 aliphatic heterocycles. The molecule has 0 aliphatic carbocycles. The Morgan fingerprint density at radius 3 is 2.71 bits per heavy atom. The highest BCUT2D eigenvalue weighted by atomic mass is 32.1. The number of hydrogen-bond donors (Lipinski definition) is 2. The second kappa shape index (κ2) is 4.02. The van der Waals surface area contributed by atoms with Gasteiger partial charge in [-0.15, -0.1) is 10.2 Å². The van der Waals surface area contributed by atoms with Gasteiger partial charge >= 0.3 is 0 Å². The molecular formula is C8H14N4OS. The van der Waals surface area contributed by atoms with Crippen molar-refractivity contribution in [2.45, 2.75) is 26.8 Å². The van der Waals surface area contributed by atoms with Crippen LogP contribution in [0.2, 0.25) is 0 Å². The molecule has 14 heavy (non-hydrogen) atoms. The first-order valence-corrected chi connectivity index (χ1v) is 5.12. The number of carbonyl (C=O) groups is 1. The summed E-state index contributed by atoms with van der Waals surface area (Å²) in [6.07, 6.45) is 0. The number of anilines is 1. The fraction of sp³-hybridized carbons (Fsp3) is 0.625. The monoisotopic (exact) mass is 214 g/mol. The molecule has 3 N–H and O–H groups in total. The molecular weight excluding hydrogens is 200 g/mol. The molecule has 1 atom stereocenters. The van der Waals surface area contributed by atoms with Crippen molar-refractivity contribution >= 4 is 22.4 Å². The van der Waals surface area contributed by atoms with Crippen LogP contribution >= 0.6 is 11.3 Å². The largest absolute Gasteiger partial charge is 0.319 e. The molecule has 1 aromatic heterocycles. The molecule has 1 rings (SSSR count). The summed E-state index contributed by atoms with van der Waals surface area (Å²) in [5.41, 5.74) is 7.05. The maximum absolute atomic E-state index is 11.6. The Morgan fingerprint density at radius 1 is 1.64 bits per heavy atom. The molecule has 0 aromatic carbocycles. The Morgan fingerprint density at radius 2 is 2.29 bits per heavy atom. The normalized spacial score (nSPS) is 13.7. The summed E-state index contributed by atoms with van der Waals surface area (Å²) in [4.78, 5) is 11.6. The molecule has 1 heterocycles. The van der Waals surface area contributed by atoms with E-state index in [0.717, 1.165) is 0 Å². The van der Waals surface area contributed by atoms with Crippen molar-refractivity contribution in [1.82, 2.24) is 10.2 Å².